The second-order valence-corrected chi connectivity index (χ2v) is 5.75. The predicted octanol–water partition coefficient (Wildman–Crippen LogP) is 2.56. The van der Waals surface area contributed by atoms with Crippen LogP contribution in [-0.2, 0) is 11.2 Å². The molecule has 2 aromatic rings. The molecular weight excluding hydrogens is 244 g/mol. The molecule has 0 radical (unpaired) electrons. The second kappa shape index (κ2) is 5.78. The monoisotopic (exact) mass is 262 g/mol. The van der Waals surface area contributed by atoms with E-state index in [1.165, 1.54) is 22.7 Å². The Balaban J connectivity index is 1.53. The minimum atomic E-state index is 0.890. The van der Waals surface area contributed by atoms with Gasteiger partial charge in [-0.05, 0) is 25.1 Å². The molecule has 0 spiro atoms. The van der Waals surface area contributed by atoms with Gasteiger partial charge in [0.2, 0.25) is 0 Å². The Labute approximate surface area is 111 Å². The Bertz CT molecular complexity index is 472. The number of aryl methyl sites for hydroxylation is 1. The van der Waals surface area contributed by atoms with E-state index in [1.54, 1.807) is 0 Å². The van der Waals surface area contributed by atoms with Gasteiger partial charge in [-0.15, -0.1) is 11.3 Å². The first kappa shape index (κ1) is 12.1. The first-order valence-corrected chi connectivity index (χ1v) is 7.38. The van der Waals surface area contributed by atoms with Crippen LogP contribution in [0.3, 0.4) is 0 Å². The van der Waals surface area contributed by atoms with Crippen molar-refractivity contribution in [2.24, 2.45) is 0 Å². The first-order chi connectivity index (χ1) is 8.92. The van der Waals surface area contributed by atoms with Crippen LogP contribution in [0, 0.1) is 0 Å². The van der Waals surface area contributed by atoms with Crippen molar-refractivity contribution in [1.29, 1.82) is 0 Å². The van der Waals surface area contributed by atoms with Crippen LogP contribution in [-0.4, -0.2) is 42.7 Å². The molecule has 18 heavy (non-hydrogen) atoms. The van der Waals surface area contributed by atoms with Gasteiger partial charge in [0.15, 0.2) is 0 Å². The van der Waals surface area contributed by atoms with Crippen molar-refractivity contribution >= 4 is 21.6 Å². The van der Waals surface area contributed by atoms with Gasteiger partial charge in [0, 0.05) is 19.5 Å². The predicted molar refractivity (Wildman–Crippen MR) is 75.2 cm³/mol. The maximum Gasteiger partial charge on any atom is 0.0939 e. The van der Waals surface area contributed by atoms with Crippen molar-refractivity contribution in [3.8, 4) is 0 Å². The van der Waals surface area contributed by atoms with Crippen LogP contribution in [0.4, 0.5) is 0 Å². The molecule has 0 amide bonds. The molecule has 1 aromatic carbocycles. The summed E-state index contributed by atoms with van der Waals surface area (Å²) in [6.45, 7) is 5.11. The largest absolute Gasteiger partial charge is 0.379 e. The van der Waals surface area contributed by atoms with Gasteiger partial charge in [0.1, 0.15) is 0 Å². The molecule has 96 valence electrons. The number of nitrogens with zero attached hydrogens (tertiary/aromatic N) is 2. The number of rotatable bonds is 4. The van der Waals surface area contributed by atoms with Gasteiger partial charge < -0.3 is 4.74 Å². The second-order valence-electron chi connectivity index (χ2n) is 4.63. The number of hydrogen-bond acceptors (Lipinski definition) is 4. The Morgan fingerprint density at radius 2 is 2.06 bits per heavy atom. The summed E-state index contributed by atoms with van der Waals surface area (Å²) in [6, 6.07) is 8.38. The minimum Gasteiger partial charge on any atom is -0.379 e. The van der Waals surface area contributed by atoms with Crippen molar-refractivity contribution in [2.45, 2.75) is 12.8 Å². The van der Waals surface area contributed by atoms with E-state index in [9.17, 15) is 0 Å². The summed E-state index contributed by atoms with van der Waals surface area (Å²) in [6.07, 6.45) is 2.29. The van der Waals surface area contributed by atoms with Gasteiger partial charge in [-0.2, -0.15) is 0 Å². The van der Waals surface area contributed by atoms with E-state index in [2.05, 4.69) is 34.1 Å². The average molecular weight is 262 g/mol. The molecule has 1 fully saturated rings. The van der Waals surface area contributed by atoms with Crippen LogP contribution in [0.1, 0.15) is 11.4 Å². The Kier molecular flexibility index (Phi) is 3.88. The normalized spacial score (nSPS) is 17.3. The van der Waals surface area contributed by atoms with Crippen molar-refractivity contribution in [3.63, 3.8) is 0 Å². The summed E-state index contributed by atoms with van der Waals surface area (Å²) in [7, 11) is 0. The highest BCUT2D eigenvalue weighted by atomic mass is 32.1. The minimum absolute atomic E-state index is 0.890. The molecular formula is C14H18N2OS. The van der Waals surface area contributed by atoms with Crippen LogP contribution in [0.25, 0.3) is 10.2 Å². The van der Waals surface area contributed by atoms with E-state index in [4.69, 9.17) is 4.74 Å². The van der Waals surface area contributed by atoms with Crippen LogP contribution >= 0.6 is 11.3 Å². The maximum absolute atomic E-state index is 5.35. The molecule has 3 nitrogen and oxygen atoms in total. The summed E-state index contributed by atoms with van der Waals surface area (Å²) in [5.74, 6) is 0. The lowest BCUT2D eigenvalue weighted by molar-refractivity contribution is 0.0375. The van der Waals surface area contributed by atoms with Gasteiger partial charge in [-0.25, -0.2) is 4.98 Å². The summed E-state index contributed by atoms with van der Waals surface area (Å²) in [5.41, 5.74) is 1.14. The Morgan fingerprint density at radius 1 is 1.22 bits per heavy atom. The fourth-order valence-corrected chi connectivity index (χ4v) is 3.31. The van der Waals surface area contributed by atoms with E-state index < -0.39 is 0 Å². The molecule has 0 unspecified atom stereocenters. The lowest BCUT2D eigenvalue weighted by Gasteiger charge is -2.26. The molecule has 0 aliphatic carbocycles. The van der Waals surface area contributed by atoms with Gasteiger partial charge >= 0.3 is 0 Å². The summed E-state index contributed by atoms with van der Waals surface area (Å²) in [5, 5.41) is 1.27. The third-order valence-corrected chi connectivity index (χ3v) is 4.40. The molecule has 1 saturated heterocycles. The van der Waals surface area contributed by atoms with Gasteiger partial charge in [0.05, 0.1) is 28.4 Å². The molecule has 2 heterocycles. The smallest absolute Gasteiger partial charge is 0.0939 e. The number of thiazole rings is 1. The fourth-order valence-electron chi connectivity index (χ4n) is 2.31. The molecule has 1 aromatic heterocycles. The van der Waals surface area contributed by atoms with Crippen LogP contribution in [0.15, 0.2) is 24.3 Å². The van der Waals surface area contributed by atoms with Crippen LogP contribution < -0.4 is 0 Å². The number of fused-ring (bicyclic) bond motifs is 1. The molecule has 0 bridgehead atoms. The van der Waals surface area contributed by atoms with Crippen LogP contribution in [0.5, 0.6) is 0 Å². The highest BCUT2D eigenvalue weighted by molar-refractivity contribution is 7.18. The number of morpholine rings is 1. The lowest BCUT2D eigenvalue weighted by Crippen LogP contribution is -2.36. The Hall–Kier alpha value is -0.970. The highest BCUT2D eigenvalue weighted by Gasteiger charge is 2.10. The van der Waals surface area contributed by atoms with E-state index >= 15 is 0 Å². The zero-order valence-electron chi connectivity index (χ0n) is 10.5. The molecule has 1 aliphatic heterocycles. The summed E-state index contributed by atoms with van der Waals surface area (Å²) < 4.78 is 6.66. The van der Waals surface area contributed by atoms with E-state index in [0.29, 0.717) is 0 Å². The zero-order chi connectivity index (χ0) is 12.2. The van der Waals surface area contributed by atoms with E-state index in [-0.39, 0.29) is 0 Å². The third-order valence-electron chi connectivity index (χ3n) is 3.31. The van der Waals surface area contributed by atoms with E-state index in [1.807, 2.05) is 11.3 Å². The van der Waals surface area contributed by atoms with Gasteiger partial charge in [0.25, 0.3) is 0 Å². The molecule has 0 saturated carbocycles. The lowest BCUT2D eigenvalue weighted by atomic mass is 10.3. The molecule has 0 atom stereocenters. The van der Waals surface area contributed by atoms with Crippen LogP contribution in [0.2, 0.25) is 0 Å². The van der Waals surface area contributed by atoms with Crippen molar-refractivity contribution in [3.05, 3.63) is 29.3 Å². The molecule has 1 aliphatic rings. The van der Waals surface area contributed by atoms with E-state index in [0.717, 1.165) is 38.2 Å². The number of hydrogen-bond donors (Lipinski definition) is 0. The quantitative estimate of drug-likeness (QED) is 0.847. The maximum atomic E-state index is 5.35. The van der Waals surface area contributed by atoms with Gasteiger partial charge in [-0.1, -0.05) is 12.1 Å². The average Bonchev–Trinajstić information content (AvgIpc) is 2.82. The SMILES string of the molecule is c1ccc2sc(CCCN3CCOCC3)nc2c1. The molecule has 0 N–H and O–H groups in total. The first-order valence-electron chi connectivity index (χ1n) is 6.56. The molecule has 3 rings (SSSR count). The summed E-state index contributed by atoms with van der Waals surface area (Å²) in [4.78, 5) is 7.15. The summed E-state index contributed by atoms with van der Waals surface area (Å²) >= 11 is 1.83. The van der Waals surface area contributed by atoms with Crippen molar-refractivity contribution in [1.82, 2.24) is 9.88 Å². The van der Waals surface area contributed by atoms with Crippen molar-refractivity contribution in [2.75, 3.05) is 32.8 Å². The van der Waals surface area contributed by atoms with Gasteiger partial charge in [-0.3, -0.25) is 4.90 Å². The number of aromatic nitrogens is 1. The number of ether oxygens (including phenoxy) is 1. The van der Waals surface area contributed by atoms with Crippen molar-refractivity contribution < 1.29 is 4.74 Å². The fraction of sp³-hybridized carbons (Fsp3) is 0.500. The Morgan fingerprint density at radius 3 is 2.89 bits per heavy atom. The number of para-hydroxylation sites is 1. The standard InChI is InChI=1S/C14H18N2OS/c1-2-5-13-12(4-1)15-14(18-13)6-3-7-16-8-10-17-11-9-16/h1-2,4-5H,3,6-11H2. The third kappa shape index (κ3) is 2.88. The zero-order valence-corrected chi connectivity index (χ0v) is 11.3. The number of benzene rings is 1. The molecule has 4 heteroatoms. The highest BCUT2D eigenvalue weighted by Crippen LogP contribution is 2.22. The topological polar surface area (TPSA) is 25.4 Å².